The third kappa shape index (κ3) is 4.31. The normalized spacial score (nSPS) is 14.0. The highest BCUT2D eigenvalue weighted by Crippen LogP contribution is 2.38. The van der Waals surface area contributed by atoms with Gasteiger partial charge in [-0.1, -0.05) is 0 Å². The maximum atomic E-state index is 13.4. The molecule has 0 spiro atoms. The summed E-state index contributed by atoms with van der Waals surface area (Å²) in [6.45, 7) is 0.861. The highest BCUT2D eigenvalue weighted by atomic mass is 32.2. The van der Waals surface area contributed by atoms with E-state index in [1.807, 2.05) is 11.5 Å². The number of nitrogens with zero attached hydrogens (tertiary/aromatic N) is 4. The van der Waals surface area contributed by atoms with E-state index in [0.29, 0.717) is 12.0 Å². The zero-order valence-corrected chi connectivity index (χ0v) is 14.9. The lowest BCUT2D eigenvalue weighted by molar-refractivity contribution is -0.145. The van der Waals surface area contributed by atoms with E-state index < -0.39 is 17.7 Å². The van der Waals surface area contributed by atoms with Crippen LogP contribution in [0.2, 0.25) is 0 Å². The average molecular weight is 394 g/mol. The van der Waals surface area contributed by atoms with Crippen molar-refractivity contribution >= 4 is 23.3 Å². The molecule has 1 aliphatic heterocycles. The van der Waals surface area contributed by atoms with Gasteiger partial charge >= 0.3 is 12.1 Å². The Bertz CT molecular complexity index is 960. The number of ether oxygens (including phenoxy) is 1. The van der Waals surface area contributed by atoms with E-state index in [2.05, 4.69) is 10.2 Å². The van der Waals surface area contributed by atoms with Gasteiger partial charge in [0.25, 0.3) is 0 Å². The highest BCUT2D eigenvalue weighted by Gasteiger charge is 2.32. The fourth-order valence-corrected chi connectivity index (χ4v) is 3.45. The van der Waals surface area contributed by atoms with Crippen LogP contribution in [-0.4, -0.2) is 26.7 Å². The third-order valence-corrected chi connectivity index (χ3v) is 4.65. The van der Waals surface area contributed by atoms with Gasteiger partial charge in [0, 0.05) is 18.2 Å². The summed E-state index contributed by atoms with van der Waals surface area (Å²) in [5, 5.41) is 19.0. The van der Waals surface area contributed by atoms with Crippen LogP contribution in [0, 0.1) is 11.3 Å². The first-order valence-electron chi connectivity index (χ1n) is 7.80. The third-order valence-electron chi connectivity index (χ3n) is 3.76. The van der Waals surface area contributed by atoms with Gasteiger partial charge in [0.05, 0.1) is 5.56 Å². The van der Waals surface area contributed by atoms with Gasteiger partial charge in [-0.3, -0.25) is 4.79 Å². The molecular formula is C17H13F3N4O2S. The van der Waals surface area contributed by atoms with E-state index in [-0.39, 0.29) is 23.7 Å². The quantitative estimate of drug-likeness (QED) is 0.733. The number of nitriles is 1. The second kappa shape index (κ2) is 7.44. The smallest absolute Gasteiger partial charge is 0.416 e. The maximum absolute atomic E-state index is 13.4. The molecule has 1 aromatic heterocycles. The van der Waals surface area contributed by atoms with Crippen molar-refractivity contribution in [3.63, 3.8) is 0 Å². The first-order chi connectivity index (χ1) is 12.8. The predicted octanol–water partition coefficient (Wildman–Crippen LogP) is 3.83. The van der Waals surface area contributed by atoms with Gasteiger partial charge in [0.2, 0.25) is 6.73 Å². The molecule has 0 saturated heterocycles. The SMILES string of the molecule is CC(=O)OCn1nc(C#N)c(-c2cc(C3=CSCC3)cc(C(F)(F)F)c2)n1. The molecule has 0 unspecified atom stereocenters. The summed E-state index contributed by atoms with van der Waals surface area (Å²) < 4.78 is 44.8. The standard InChI is InChI=1S/C17H13F3N4O2S/c1-10(25)26-9-24-22-15(7-21)16(23-24)13-4-12(11-2-3-27-8-11)5-14(6-13)17(18,19)20/h4-6,8H,2-3,9H2,1H3. The van der Waals surface area contributed by atoms with Crippen molar-refractivity contribution in [3.8, 4) is 17.3 Å². The van der Waals surface area contributed by atoms with Crippen molar-refractivity contribution < 1.29 is 22.7 Å². The molecule has 2 heterocycles. The van der Waals surface area contributed by atoms with Crippen molar-refractivity contribution in [2.45, 2.75) is 26.3 Å². The Morgan fingerprint density at radius 1 is 1.33 bits per heavy atom. The summed E-state index contributed by atoms with van der Waals surface area (Å²) >= 11 is 1.54. The zero-order chi connectivity index (χ0) is 19.6. The summed E-state index contributed by atoms with van der Waals surface area (Å²) in [4.78, 5) is 11.9. The van der Waals surface area contributed by atoms with Crippen LogP contribution in [0.3, 0.4) is 0 Å². The van der Waals surface area contributed by atoms with Gasteiger partial charge in [-0.05, 0) is 41.2 Å². The molecular weight excluding hydrogens is 381 g/mol. The van der Waals surface area contributed by atoms with Gasteiger partial charge in [0.1, 0.15) is 11.8 Å². The number of thioether (sulfide) groups is 1. The van der Waals surface area contributed by atoms with Gasteiger partial charge in [-0.15, -0.1) is 26.8 Å². The zero-order valence-electron chi connectivity index (χ0n) is 14.1. The number of benzene rings is 1. The van der Waals surface area contributed by atoms with Gasteiger partial charge in [0.15, 0.2) is 5.69 Å². The molecule has 0 saturated carbocycles. The number of allylic oxidation sites excluding steroid dienone is 1. The van der Waals surface area contributed by atoms with E-state index in [1.54, 1.807) is 6.07 Å². The molecule has 10 heteroatoms. The average Bonchev–Trinajstić information content (AvgIpc) is 3.28. The maximum Gasteiger partial charge on any atom is 0.416 e. The molecule has 0 amide bonds. The molecule has 0 aliphatic carbocycles. The van der Waals surface area contributed by atoms with Crippen LogP contribution in [0.25, 0.3) is 16.8 Å². The summed E-state index contributed by atoms with van der Waals surface area (Å²) in [6.07, 6.45) is -3.88. The number of esters is 1. The number of carbonyl (C=O) groups is 1. The van der Waals surface area contributed by atoms with E-state index in [4.69, 9.17) is 4.74 Å². The Hall–Kier alpha value is -2.80. The number of hydrogen-bond acceptors (Lipinski definition) is 6. The number of halogens is 3. The van der Waals surface area contributed by atoms with Crippen molar-refractivity contribution in [3.05, 3.63) is 40.4 Å². The molecule has 0 atom stereocenters. The van der Waals surface area contributed by atoms with Gasteiger partial charge < -0.3 is 4.74 Å². The Morgan fingerprint density at radius 2 is 2.07 bits per heavy atom. The summed E-state index contributed by atoms with van der Waals surface area (Å²) in [6, 6.07) is 5.41. The minimum absolute atomic E-state index is 0.00301. The first-order valence-corrected chi connectivity index (χ1v) is 8.85. The molecule has 0 N–H and O–H groups in total. The summed E-state index contributed by atoms with van der Waals surface area (Å²) in [5.41, 5.74) is 0.390. The minimum atomic E-state index is -4.54. The van der Waals surface area contributed by atoms with Crippen LogP contribution in [0.5, 0.6) is 0 Å². The van der Waals surface area contributed by atoms with Crippen LogP contribution in [0.1, 0.15) is 30.2 Å². The Labute approximate surface area is 156 Å². The molecule has 3 rings (SSSR count). The van der Waals surface area contributed by atoms with E-state index in [0.717, 1.165) is 28.3 Å². The lowest BCUT2D eigenvalue weighted by Crippen LogP contribution is -2.09. The van der Waals surface area contributed by atoms with Crippen LogP contribution < -0.4 is 0 Å². The van der Waals surface area contributed by atoms with E-state index in [9.17, 15) is 23.2 Å². The topological polar surface area (TPSA) is 80.8 Å². The number of alkyl halides is 3. The fourth-order valence-electron chi connectivity index (χ4n) is 2.54. The van der Waals surface area contributed by atoms with Crippen molar-refractivity contribution in [2.24, 2.45) is 0 Å². The largest absolute Gasteiger partial charge is 0.441 e. The monoisotopic (exact) mass is 394 g/mol. The number of carbonyl (C=O) groups excluding carboxylic acids is 1. The summed E-state index contributed by atoms with van der Waals surface area (Å²) in [5.74, 6) is 0.238. The van der Waals surface area contributed by atoms with Crippen molar-refractivity contribution in [1.82, 2.24) is 15.0 Å². The summed E-state index contributed by atoms with van der Waals surface area (Å²) in [7, 11) is 0. The lowest BCUT2D eigenvalue weighted by atomic mass is 9.97. The van der Waals surface area contributed by atoms with Gasteiger partial charge in [-0.25, -0.2) is 0 Å². The second-order valence-corrected chi connectivity index (χ2v) is 6.68. The Kier molecular flexibility index (Phi) is 5.23. The van der Waals surface area contributed by atoms with Crippen molar-refractivity contribution in [1.29, 1.82) is 5.26 Å². The predicted molar refractivity (Wildman–Crippen MR) is 92.0 cm³/mol. The number of hydrogen-bond donors (Lipinski definition) is 0. The molecule has 1 aromatic carbocycles. The Morgan fingerprint density at radius 3 is 2.67 bits per heavy atom. The molecule has 1 aliphatic rings. The van der Waals surface area contributed by atoms with Gasteiger partial charge in [-0.2, -0.15) is 18.4 Å². The fraction of sp³-hybridized carbons (Fsp3) is 0.294. The number of rotatable bonds is 4. The number of aromatic nitrogens is 3. The minimum Gasteiger partial charge on any atom is -0.441 e. The molecule has 2 aromatic rings. The van der Waals surface area contributed by atoms with E-state index in [1.165, 1.54) is 18.7 Å². The molecule has 6 nitrogen and oxygen atoms in total. The Balaban J connectivity index is 2.09. The second-order valence-electron chi connectivity index (χ2n) is 5.71. The lowest BCUT2D eigenvalue weighted by Gasteiger charge is -2.12. The van der Waals surface area contributed by atoms with Crippen LogP contribution in [0.4, 0.5) is 13.2 Å². The molecule has 0 bridgehead atoms. The van der Waals surface area contributed by atoms with Crippen LogP contribution in [-0.2, 0) is 22.4 Å². The first kappa shape index (κ1) is 19.0. The molecule has 140 valence electrons. The molecule has 0 radical (unpaired) electrons. The molecule has 27 heavy (non-hydrogen) atoms. The molecule has 0 fully saturated rings. The van der Waals surface area contributed by atoms with Crippen LogP contribution in [0.15, 0.2) is 23.6 Å². The van der Waals surface area contributed by atoms with Crippen molar-refractivity contribution in [2.75, 3.05) is 5.75 Å². The highest BCUT2D eigenvalue weighted by molar-refractivity contribution is 8.02. The van der Waals surface area contributed by atoms with E-state index >= 15 is 0 Å². The van der Waals surface area contributed by atoms with Crippen LogP contribution >= 0.6 is 11.8 Å².